The van der Waals surface area contributed by atoms with E-state index in [9.17, 15) is 0 Å². The smallest absolute Gasteiger partial charge is 0.00790 e. The fraction of sp³-hybridized carbons (Fsp3) is 0.857. The van der Waals surface area contributed by atoms with E-state index in [1.807, 2.05) is 0 Å². The van der Waals surface area contributed by atoms with Gasteiger partial charge in [-0.05, 0) is 97.7 Å². The maximum atomic E-state index is 4.29. The molecular weight excluding hydrogens is 336 g/mol. The topological polar surface area (TPSA) is 0 Å². The van der Waals surface area contributed by atoms with Gasteiger partial charge in [0.1, 0.15) is 0 Å². The standard InChI is InChI=1S/C28H46/c1-19(2)8-7-9-21(4)24-12-13-25-23-11-10-22-18-20(3)14-16-27(22,5)26(23)15-17-28(24,25)6/h18-19,21,23-26H,3,7-17H2,1-2,4-6H3. The van der Waals surface area contributed by atoms with E-state index in [0.29, 0.717) is 10.8 Å². The van der Waals surface area contributed by atoms with E-state index >= 15 is 0 Å². The summed E-state index contributed by atoms with van der Waals surface area (Å²) in [6, 6.07) is 0. The molecule has 4 aliphatic carbocycles. The van der Waals surface area contributed by atoms with Crippen molar-refractivity contribution in [3.05, 3.63) is 23.8 Å². The van der Waals surface area contributed by atoms with Gasteiger partial charge in [0.2, 0.25) is 0 Å². The molecule has 4 rings (SSSR count). The first kappa shape index (κ1) is 20.7. The molecule has 0 bridgehead atoms. The molecule has 0 aromatic rings. The molecule has 3 fully saturated rings. The molecular formula is C28H46. The quantitative estimate of drug-likeness (QED) is 0.446. The monoisotopic (exact) mass is 382 g/mol. The Morgan fingerprint density at radius 1 is 0.964 bits per heavy atom. The SMILES string of the molecule is C=C1C=C2CCC3C(CCC4(C)C(C(C)CCCC(C)C)CCC34)C2(C)CC1. The van der Waals surface area contributed by atoms with Gasteiger partial charge in [-0.15, -0.1) is 0 Å². The van der Waals surface area contributed by atoms with Crippen molar-refractivity contribution in [2.45, 2.75) is 105 Å². The Kier molecular flexibility index (Phi) is 5.65. The van der Waals surface area contributed by atoms with Crippen LogP contribution in [0, 0.1) is 46.3 Å². The first-order valence-electron chi connectivity index (χ1n) is 12.6. The predicted molar refractivity (Wildman–Crippen MR) is 122 cm³/mol. The highest BCUT2D eigenvalue weighted by Gasteiger charge is 2.59. The number of allylic oxidation sites excluding steroid dienone is 3. The van der Waals surface area contributed by atoms with Gasteiger partial charge in [0, 0.05) is 0 Å². The Labute approximate surface area is 175 Å². The molecule has 0 saturated heterocycles. The third-order valence-corrected chi connectivity index (χ3v) is 10.3. The number of rotatable bonds is 5. The summed E-state index contributed by atoms with van der Waals surface area (Å²) in [6.45, 7) is 17.0. The van der Waals surface area contributed by atoms with Crippen molar-refractivity contribution in [1.29, 1.82) is 0 Å². The Hall–Kier alpha value is -0.520. The maximum Gasteiger partial charge on any atom is -0.00790 e. The van der Waals surface area contributed by atoms with Gasteiger partial charge in [-0.1, -0.05) is 77.7 Å². The highest BCUT2D eigenvalue weighted by atomic mass is 14.6. The summed E-state index contributed by atoms with van der Waals surface area (Å²) >= 11 is 0. The molecule has 0 amide bonds. The second-order valence-electron chi connectivity index (χ2n) is 12.2. The average molecular weight is 383 g/mol. The molecule has 7 unspecified atom stereocenters. The van der Waals surface area contributed by atoms with Crippen molar-refractivity contribution >= 4 is 0 Å². The van der Waals surface area contributed by atoms with E-state index in [1.165, 1.54) is 76.2 Å². The average Bonchev–Trinajstić information content (AvgIpc) is 2.99. The zero-order chi connectivity index (χ0) is 20.1. The third kappa shape index (κ3) is 3.35. The lowest BCUT2D eigenvalue weighted by Crippen LogP contribution is -2.50. The van der Waals surface area contributed by atoms with Gasteiger partial charge in [0.25, 0.3) is 0 Å². The summed E-state index contributed by atoms with van der Waals surface area (Å²) < 4.78 is 0. The van der Waals surface area contributed by atoms with E-state index in [2.05, 4.69) is 47.3 Å². The summed E-state index contributed by atoms with van der Waals surface area (Å²) in [5, 5.41) is 0. The molecule has 0 heteroatoms. The largest absolute Gasteiger partial charge is 0.0958 e. The van der Waals surface area contributed by atoms with Crippen LogP contribution in [0.4, 0.5) is 0 Å². The van der Waals surface area contributed by atoms with Crippen LogP contribution in [0.1, 0.15) is 105 Å². The van der Waals surface area contributed by atoms with E-state index in [1.54, 1.807) is 5.57 Å². The summed E-state index contributed by atoms with van der Waals surface area (Å²) in [7, 11) is 0. The molecule has 0 nitrogen and oxygen atoms in total. The minimum atomic E-state index is 0.492. The zero-order valence-electron chi connectivity index (χ0n) is 19.5. The van der Waals surface area contributed by atoms with Crippen molar-refractivity contribution < 1.29 is 0 Å². The van der Waals surface area contributed by atoms with Crippen LogP contribution in [-0.4, -0.2) is 0 Å². The van der Waals surface area contributed by atoms with Crippen LogP contribution in [0.5, 0.6) is 0 Å². The minimum Gasteiger partial charge on any atom is -0.0958 e. The van der Waals surface area contributed by atoms with Crippen LogP contribution in [-0.2, 0) is 0 Å². The van der Waals surface area contributed by atoms with E-state index in [4.69, 9.17) is 0 Å². The van der Waals surface area contributed by atoms with Crippen molar-refractivity contribution in [2.75, 3.05) is 0 Å². The lowest BCUT2D eigenvalue weighted by atomic mass is 9.46. The van der Waals surface area contributed by atoms with Crippen molar-refractivity contribution in [2.24, 2.45) is 46.3 Å². The Morgan fingerprint density at radius 2 is 1.75 bits per heavy atom. The van der Waals surface area contributed by atoms with E-state index in [0.717, 1.165) is 35.5 Å². The summed E-state index contributed by atoms with van der Waals surface area (Å²) in [5.74, 6) is 5.74. The molecule has 0 aliphatic heterocycles. The molecule has 0 aromatic heterocycles. The predicted octanol–water partition coefficient (Wildman–Crippen LogP) is 8.58. The molecule has 0 radical (unpaired) electrons. The molecule has 4 aliphatic rings. The minimum absolute atomic E-state index is 0.492. The van der Waals surface area contributed by atoms with Gasteiger partial charge >= 0.3 is 0 Å². The first-order chi connectivity index (χ1) is 13.3. The Bertz CT molecular complexity index is 624. The molecule has 7 atom stereocenters. The Morgan fingerprint density at radius 3 is 2.50 bits per heavy atom. The van der Waals surface area contributed by atoms with Crippen molar-refractivity contribution in [3.63, 3.8) is 0 Å². The molecule has 158 valence electrons. The fourth-order valence-corrected chi connectivity index (χ4v) is 8.67. The number of hydrogen-bond donors (Lipinski definition) is 0. The number of fused-ring (bicyclic) bond motifs is 5. The van der Waals surface area contributed by atoms with Crippen molar-refractivity contribution in [3.8, 4) is 0 Å². The van der Waals surface area contributed by atoms with Gasteiger partial charge in [0.15, 0.2) is 0 Å². The van der Waals surface area contributed by atoms with Crippen LogP contribution in [0.15, 0.2) is 23.8 Å². The molecule has 0 aromatic carbocycles. The molecule has 0 spiro atoms. The molecule has 0 N–H and O–H groups in total. The van der Waals surface area contributed by atoms with Crippen LogP contribution in [0.25, 0.3) is 0 Å². The van der Waals surface area contributed by atoms with Gasteiger partial charge in [-0.2, -0.15) is 0 Å². The van der Waals surface area contributed by atoms with Crippen LogP contribution in [0.3, 0.4) is 0 Å². The zero-order valence-corrected chi connectivity index (χ0v) is 19.5. The summed E-state index contributed by atoms with van der Waals surface area (Å²) in [6.07, 6.45) is 18.3. The first-order valence-corrected chi connectivity index (χ1v) is 12.6. The molecule has 0 heterocycles. The van der Waals surface area contributed by atoms with Crippen LogP contribution < -0.4 is 0 Å². The maximum absolute atomic E-state index is 4.29. The second kappa shape index (κ2) is 7.63. The lowest BCUT2D eigenvalue weighted by molar-refractivity contribution is -0.0581. The normalized spacial score (nSPS) is 43.9. The summed E-state index contributed by atoms with van der Waals surface area (Å²) in [4.78, 5) is 0. The van der Waals surface area contributed by atoms with E-state index < -0.39 is 0 Å². The van der Waals surface area contributed by atoms with Gasteiger partial charge < -0.3 is 0 Å². The summed E-state index contributed by atoms with van der Waals surface area (Å²) in [5.41, 5.74) is 4.29. The second-order valence-corrected chi connectivity index (χ2v) is 12.2. The van der Waals surface area contributed by atoms with Gasteiger partial charge in [-0.3, -0.25) is 0 Å². The van der Waals surface area contributed by atoms with Crippen molar-refractivity contribution in [1.82, 2.24) is 0 Å². The van der Waals surface area contributed by atoms with Gasteiger partial charge in [0.05, 0.1) is 0 Å². The van der Waals surface area contributed by atoms with Crippen LogP contribution >= 0.6 is 0 Å². The van der Waals surface area contributed by atoms with E-state index in [-0.39, 0.29) is 0 Å². The van der Waals surface area contributed by atoms with Gasteiger partial charge in [-0.25, -0.2) is 0 Å². The van der Waals surface area contributed by atoms with Crippen LogP contribution in [0.2, 0.25) is 0 Å². The highest BCUT2D eigenvalue weighted by Crippen LogP contribution is 2.67. The lowest BCUT2D eigenvalue weighted by Gasteiger charge is -2.58. The highest BCUT2D eigenvalue weighted by molar-refractivity contribution is 5.33. The Balaban J connectivity index is 1.49. The molecule has 3 saturated carbocycles. The molecule has 28 heavy (non-hydrogen) atoms. The number of hydrogen-bond acceptors (Lipinski definition) is 0. The fourth-order valence-electron chi connectivity index (χ4n) is 8.67. The third-order valence-electron chi connectivity index (χ3n) is 10.3.